The van der Waals surface area contributed by atoms with Gasteiger partial charge in [-0.15, -0.1) is 11.3 Å². The lowest BCUT2D eigenvalue weighted by Gasteiger charge is -2.01. The lowest BCUT2D eigenvalue weighted by atomic mass is 10.2. The molecule has 21 heavy (non-hydrogen) atoms. The van der Waals surface area contributed by atoms with Crippen LogP contribution in [0.1, 0.15) is 15.2 Å². The number of carboxylic acid groups (broad SMARTS) is 1. The Balaban J connectivity index is 2.27. The molecule has 0 bridgehead atoms. The Bertz CT molecular complexity index is 884. The smallest absolute Gasteiger partial charge is 0.346 e. The van der Waals surface area contributed by atoms with Crippen LogP contribution in [0, 0.1) is 17.0 Å². The zero-order valence-electron chi connectivity index (χ0n) is 10.5. The van der Waals surface area contributed by atoms with Crippen LogP contribution in [0.25, 0.3) is 16.0 Å². The summed E-state index contributed by atoms with van der Waals surface area (Å²) in [6.45, 7) is 1.65. The van der Waals surface area contributed by atoms with Gasteiger partial charge in [-0.2, -0.15) is 5.10 Å². The number of aromatic carboxylic acids is 1. The number of fused-ring (bicyclic) bond motifs is 1. The van der Waals surface area contributed by atoms with Gasteiger partial charge in [0.05, 0.1) is 10.3 Å². The van der Waals surface area contributed by atoms with Crippen LogP contribution in [0.3, 0.4) is 0 Å². The van der Waals surface area contributed by atoms with E-state index in [2.05, 4.69) is 15.1 Å². The van der Waals surface area contributed by atoms with Crippen LogP contribution in [0.5, 0.6) is 0 Å². The third-order valence-electron chi connectivity index (χ3n) is 2.90. The second-order valence-electron chi connectivity index (χ2n) is 4.14. The summed E-state index contributed by atoms with van der Waals surface area (Å²) in [5, 5.41) is 24.3. The molecule has 0 saturated heterocycles. The highest BCUT2D eigenvalue weighted by atomic mass is 32.1. The minimum Gasteiger partial charge on any atom is -0.477 e. The van der Waals surface area contributed by atoms with Crippen molar-refractivity contribution in [1.29, 1.82) is 0 Å². The largest absolute Gasteiger partial charge is 0.477 e. The highest BCUT2D eigenvalue weighted by Gasteiger charge is 2.20. The van der Waals surface area contributed by atoms with E-state index in [9.17, 15) is 14.9 Å². The molecule has 10 heteroatoms. The number of nitro groups is 1. The summed E-state index contributed by atoms with van der Waals surface area (Å²) in [5.74, 6) is -0.734. The van der Waals surface area contributed by atoms with Gasteiger partial charge in [0.25, 0.3) is 0 Å². The third kappa shape index (κ3) is 2.01. The van der Waals surface area contributed by atoms with E-state index in [0.29, 0.717) is 21.6 Å². The van der Waals surface area contributed by atoms with Crippen molar-refractivity contribution in [2.75, 3.05) is 0 Å². The van der Waals surface area contributed by atoms with Crippen LogP contribution in [0.2, 0.25) is 0 Å². The lowest BCUT2D eigenvalue weighted by Crippen LogP contribution is -2.00. The quantitative estimate of drug-likeness (QED) is 0.577. The maximum Gasteiger partial charge on any atom is 0.346 e. The Hall–Kier alpha value is -2.88. The number of hydrogen-bond donors (Lipinski definition) is 1. The van der Waals surface area contributed by atoms with Gasteiger partial charge >= 0.3 is 11.7 Å². The predicted molar refractivity (Wildman–Crippen MR) is 72.9 cm³/mol. The molecule has 0 aliphatic rings. The minimum absolute atomic E-state index is 0.161. The Labute approximate surface area is 120 Å². The molecule has 0 unspecified atom stereocenters. The zero-order chi connectivity index (χ0) is 15.1. The summed E-state index contributed by atoms with van der Waals surface area (Å²) in [6, 6.07) is 0. The van der Waals surface area contributed by atoms with E-state index >= 15 is 0 Å². The Morgan fingerprint density at radius 3 is 2.86 bits per heavy atom. The minimum atomic E-state index is -1.05. The molecule has 106 valence electrons. The molecule has 0 aliphatic carbocycles. The van der Waals surface area contributed by atoms with Crippen molar-refractivity contribution in [3.63, 3.8) is 0 Å². The van der Waals surface area contributed by atoms with Gasteiger partial charge < -0.3 is 5.11 Å². The van der Waals surface area contributed by atoms with Gasteiger partial charge in [0, 0.05) is 0 Å². The fraction of sp³-hybridized carbons (Fsp3) is 0.0909. The van der Waals surface area contributed by atoms with Gasteiger partial charge in [0.1, 0.15) is 28.4 Å². The summed E-state index contributed by atoms with van der Waals surface area (Å²) in [4.78, 5) is 30.1. The maximum absolute atomic E-state index is 11.2. The van der Waals surface area contributed by atoms with Gasteiger partial charge in [-0.3, -0.25) is 10.1 Å². The van der Waals surface area contributed by atoms with Crippen LogP contribution in [0.4, 0.5) is 5.69 Å². The molecule has 0 amide bonds. The second kappa shape index (κ2) is 4.59. The highest BCUT2D eigenvalue weighted by Crippen LogP contribution is 2.32. The van der Waals surface area contributed by atoms with Gasteiger partial charge in [0.2, 0.25) is 0 Å². The van der Waals surface area contributed by atoms with E-state index in [1.54, 1.807) is 6.92 Å². The second-order valence-corrected chi connectivity index (χ2v) is 5.14. The van der Waals surface area contributed by atoms with Gasteiger partial charge in [-0.05, 0) is 12.5 Å². The van der Waals surface area contributed by atoms with E-state index in [4.69, 9.17) is 5.11 Å². The molecule has 9 nitrogen and oxygen atoms in total. The fourth-order valence-electron chi connectivity index (χ4n) is 1.95. The molecule has 3 heterocycles. The maximum atomic E-state index is 11.2. The van der Waals surface area contributed by atoms with E-state index in [0.717, 1.165) is 17.5 Å². The molecule has 3 aromatic heterocycles. The molecular weight excluding hydrogens is 298 g/mol. The molecule has 3 rings (SSSR count). The van der Waals surface area contributed by atoms with E-state index < -0.39 is 10.9 Å². The first-order valence-corrected chi connectivity index (χ1v) is 6.47. The normalized spacial score (nSPS) is 10.9. The average molecular weight is 305 g/mol. The summed E-state index contributed by atoms with van der Waals surface area (Å²) in [5.41, 5.74) is 0.337. The Kier molecular flexibility index (Phi) is 2.87. The van der Waals surface area contributed by atoms with Gasteiger partial charge in [-0.1, -0.05) is 0 Å². The van der Waals surface area contributed by atoms with E-state index in [1.807, 2.05) is 0 Å². The number of carboxylic acids is 1. The number of aryl methyl sites for hydroxylation is 1. The molecule has 0 saturated carbocycles. The molecule has 0 aliphatic heterocycles. The molecule has 0 fully saturated rings. The molecule has 0 atom stereocenters. The number of rotatable bonds is 3. The van der Waals surface area contributed by atoms with Crippen LogP contribution in [0.15, 0.2) is 18.7 Å². The summed E-state index contributed by atoms with van der Waals surface area (Å²) < 4.78 is 1.24. The number of carbonyl (C=O) groups is 1. The van der Waals surface area contributed by atoms with E-state index in [1.165, 1.54) is 17.2 Å². The first-order valence-electron chi connectivity index (χ1n) is 5.66. The van der Waals surface area contributed by atoms with Crippen molar-refractivity contribution in [3.8, 4) is 5.82 Å². The number of nitrogens with zero attached hydrogens (tertiary/aromatic N) is 5. The van der Waals surface area contributed by atoms with Crippen LogP contribution in [-0.2, 0) is 0 Å². The van der Waals surface area contributed by atoms with Crippen molar-refractivity contribution in [2.24, 2.45) is 0 Å². The van der Waals surface area contributed by atoms with Crippen molar-refractivity contribution < 1.29 is 14.8 Å². The molecule has 1 N–H and O–H groups in total. The standard InChI is InChI=1S/C11H7N5O4S/c1-5-7-9(15-3-6(2-14-15)16(19)20)12-4-13-10(7)21-8(5)11(17)18/h2-4H,1H3,(H,17,18). The SMILES string of the molecule is Cc1c(C(=O)O)sc2ncnc(-n3cc([N+](=O)[O-])cn3)c12. The van der Waals surface area contributed by atoms with Crippen molar-refractivity contribution in [3.05, 3.63) is 39.3 Å². The summed E-state index contributed by atoms with van der Waals surface area (Å²) >= 11 is 1.03. The van der Waals surface area contributed by atoms with Crippen molar-refractivity contribution in [1.82, 2.24) is 19.7 Å². The average Bonchev–Trinajstić information content (AvgIpc) is 3.04. The molecule has 3 aromatic rings. The highest BCUT2D eigenvalue weighted by molar-refractivity contribution is 7.20. The number of aromatic nitrogens is 4. The first kappa shape index (κ1) is 13.1. The van der Waals surface area contributed by atoms with Gasteiger partial charge in [-0.25, -0.2) is 19.4 Å². The van der Waals surface area contributed by atoms with E-state index in [-0.39, 0.29) is 10.6 Å². The third-order valence-corrected chi connectivity index (χ3v) is 4.09. The molecule has 0 aromatic carbocycles. The first-order chi connectivity index (χ1) is 9.99. The molecular formula is C11H7N5O4S. The number of thiophene rings is 1. The van der Waals surface area contributed by atoms with Gasteiger partial charge in [0.15, 0.2) is 5.82 Å². The van der Waals surface area contributed by atoms with Crippen molar-refractivity contribution >= 4 is 33.2 Å². The topological polar surface area (TPSA) is 124 Å². The fourth-order valence-corrected chi connectivity index (χ4v) is 2.94. The Morgan fingerprint density at radius 2 is 2.24 bits per heavy atom. The zero-order valence-corrected chi connectivity index (χ0v) is 11.4. The summed E-state index contributed by atoms with van der Waals surface area (Å²) in [6.07, 6.45) is 3.60. The molecule has 0 radical (unpaired) electrons. The number of hydrogen-bond acceptors (Lipinski definition) is 7. The monoisotopic (exact) mass is 305 g/mol. The van der Waals surface area contributed by atoms with Crippen LogP contribution >= 0.6 is 11.3 Å². The summed E-state index contributed by atoms with van der Waals surface area (Å²) in [7, 11) is 0. The van der Waals surface area contributed by atoms with Crippen LogP contribution in [-0.4, -0.2) is 35.7 Å². The lowest BCUT2D eigenvalue weighted by molar-refractivity contribution is -0.384. The molecule has 0 spiro atoms. The Morgan fingerprint density at radius 1 is 1.48 bits per heavy atom. The predicted octanol–water partition coefficient (Wildman–Crippen LogP) is 1.79. The van der Waals surface area contributed by atoms with Crippen molar-refractivity contribution in [2.45, 2.75) is 6.92 Å². The van der Waals surface area contributed by atoms with Crippen LogP contribution < -0.4 is 0 Å².